The molecule has 0 aliphatic carbocycles. The third-order valence-corrected chi connectivity index (χ3v) is 3.69. The third-order valence-electron chi connectivity index (χ3n) is 3.69. The van der Waals surface area contributed by atoms with E-state index in [9.17, 15) is 24.8 Å². The highest BCUT2D eigenvalue weighted by molar-refractivity contribution is 5.96. The summed E-state index contributed by atoms with van der Waals surface area (Å²) in [4.78, 5) is 35.5. The van der Waals surface area contributed by atoms with Crippen LogP contribution in [-0.2, 0) is 11.2 Å². The lowest BCUT2D eigenvalue weighted by molar-refractivity contribution is -0.479. The van der Waals surface area contributed by atoms with E-state index in [4.69, 9.17) is 0 Å². The molecule has 7 heteroatoms. The molecule has 0 heterocycles. The summed E-state index contributed by atoms with van der Waals surface area (Å²) in [5.74, 6) is -1.17. The van der Waals surface area contributed by atoms with E-state index in [2.05, 4.69) is 0 Å². The first-order valence-corrected chi connectivity index (χ1v) is 8.19. The van der Waals surface area contributed by atoms with Gasteiger partial charge in [0, 0.05) is 30.0 Å². The van der Waals surface area contributed by atoms with Gasteiger partial charge in [-0.3, -0.25) is 14.9 Å². The van der Waals surface area contributed by atoms with Crippen molar-refractivity contribution in [3.05, 3.63) is 39.4 Å². The van der Waals surface area contributed by atoms with Crippen molar-refractivity contribution in [1.29, 1.82) is 0 Å². The summed E-state index contributed by atoms with van der Waals surface area (Å²) in [6, 6.07) is 4.44. The molecule has 1 aromatic carbocycles. The molecule has 0 atom stereocenters. The molecule has 1 amide bonds. The number of carboxylic acids is 1. The number of hydrogen-bond donors (Lipinski definition) is 1. The molecule has 7 nitrogen and oxygen atoms in total. The average Bonchev–Trinajstić information content (AvgIpc) is 2.53. The predicted molar refractivity (Wildman–Crippen MR) is 91.1 cm³/mol. The summed E-state index contributed by atoms with van der Waals surface area (Å²) in [5.41, 5.74) is 1.17. The molecule has 132 valence electrons. The van der Waals surface area contributed by atoms with Crippen molar-refractivity contribution in [2.24, 2.45) is 0 Å². The van der Waals surface area contributed by atoms with Gasteiger partial charge >= 0.3 is 5.97 Å². The second-order valence-corrected chi connectivity index (χ2v) is 5.60. The lowest BCUT2D eigenvalue weighted by Crippen LogP contribution is -2.33. The Morgan fingerprint density at radius 3 is 2.50 bits per heavy atom. The molecule has 0 fully saturated rings. The first-order valence-electron chi connectivity index (χ1n) is 8.19. The van der Waals surface area contributed by atoms with Crippen molar-refractivity contribution in [3.63, 3.8) is 0 Å². The van der Waals surface area contributed by atoms with Gasteiger partial charge in [-0.25, -0.2) is 4.79 Å². The van der Waals surface area contributed by atoms with Crippen LogP contribution in [0.1, 0.15) is 55.5 Å². The molecule has 0 aliphatic rings. The van der Waals surface area contributed by atoms with Gasteiger partial charge in [0.1, 0.15) is 0 Å². The number of carbonyl (C=O) groups excluding carboxylic acids is 1. The highest BCUT2D eigenvalue weighted by atomic mass is 16.6. The van der Waals surface area contributed by atoms with Crippen molar-refractivity contribution in [2.75, 3.05) is 18.0 Å². The summed E-state index contributed by atoms with van der Waals surface area (Å²) >= 11 is 0. The Bertz CT molecular complexity index is 601. The van der Waals surface area contributed by atoms with Gasteiger partial charge in [0.2, 0.25) is 12.5 Å². The van der Waals surface area contributed by atoms with E-state index >= 15 is 0 Å². The molecule has 0 saturated heterocycles. The molecule has 0 aromatic heterocycles. The van der Waals surface area contributed by atoms with Crippen molar-refractivity contribution in [1.82, 2.24) is 0 Å². The minimum absolute atomic E-state index is 0.0700. The molecule has 0 bridgehead atoms. The number of benzene rings is 1. The smallest absolute Gasteiger partial charge is 0.335 e. The zero-order chi connectivity index (χ0) is 18.1. The number of nitro groups is 1. The lowest BCUT2D eigenvalue weighted by atomic mass is 10.0. The van der Waals surface area contributed by atoms with Gasteiger partial charge < -0.3 is 10.0 Å². The Hall–Kier alpha value is -2.44. The van der Waals surface area contributed by atoms with Gasteiger partial charge in [-0.05, 0) is 30.5 Å². The van der Waals surface area contributed by atoms with Crippen LogP contribution < -0.4 is 4.90 Å². The van der Waals surface area contributed by atoms with Crippen LogP contribution >= 0.6 is 0 Å². The van der Waals surface area contributed by atoms with Gasteiger partial charge in [-0.15, -0.1) is 0 Å². The molecule has 1 N–H and O–H groups in total. The Morgan fingerprint density at radius 1 is 1.25 bits per heavy atom. The SMILES string of the molecule is CCCCN(C(=O)CCC)c1cc(C(=O)O)ccc1CC[N+](=O)[O-]. The summed E-state index contributed by atoms with van der Waals surface area (Å²) in [5, 5.41) is 19.9. The van der Waals surface area contributed by atoms with Crippen LogP contribution in [-0.4, -0.2) is 35.0 Å². The molecule has 24 heavy (non-hydrogen) atoms. The largest absolute Gasteiger partial charge is 0.478 e. The topological polar surface area (TPSA) is 101 Å². The molecule has 1 rings (SSSR count). The zero-order valence-corrected chi connectivity index (χ0v) is 14.2. The number of rotatable bonds is 10. The van der Waals surface area contributed by atoms with Crippen molar-refractivity contribution in [2.45, 2.75) is 46.0 Å². The van der Waals surface area contributed by atoms with E-state index in [0.717, 1.165) is 12.8 Å². The Morgan fingerprint density at radius 2 is 1.96 bits per heavy atom. The predicted octanol–water partition coefficient (Wildman–Crippen LogP) is 3.14. The van der Waals surface area contributed by atoms with Crippen LogP contribution in [0.4, 0.5) is 5.69 Å². The Balaban J connectivity index is 3.27. The lowest BCUT2D eigenvalue weighted by Gasteiger charge is -2.25. The monoisotopic (exact) mass is 336 g/mol. The molecule has 0 unspecified atom stereocenters. The summed E-state index contributed by atoms with van der Waals surface area (Å²) in [6.07, 6.45) is 2.87. The molecule has 0 radical (unpaired) electrons. The number of anilines is 1. The quantitative estimate of drug-likeness (QED) is 0.522. The number of unbranched alkanes of at least 4 members (excludes halogenated alkanes) is 1. The van der Waals surface area contributed by atoms with E-state index < -0.39 is 10.9 Å². The molecule has 0 spiro atoms. The first-order chi connectivity index (χ1) is 11.4. The van der Waals surface area contributed by atoms with Gasteiger partial charge in [-0.2, -0.15) is 0 Å². The van der Waals surface area contributed by atoms with E-state index in [1.165, 1.54) is 12.1 Å². The minimum Gasteiger partial charge on any atom is -0.478 e. The maximum Gasteiger partial charge on any atom is 0.335 e. The third kappa shape index (κ3) is 5.64. The fourth-order valence-corrected chi connectivity index (χ4v) is 2.42. The number of hydrogen-bond acceptors (Lipinski definition) is 4. The number of amides is 1. The maximum atomic E-state index is 12.5. The van der Waals surface area contributed by atoms with Crippen molar-refractivity contribution in [3.8, 4) is 0 Å². The van der Waals surface area contributed by atoms with E-state index in [1.807, 2.05) is 13.8 Å². The molecule has 0 aliphatic heterocycles. The number of nitrogens with zero attached hydrogens (tertiary/aromatic N) is 2. The van der Waals surface area contributed by atoms with E-state index in [1.54, 1.807) is 11.0 Å². The van der Waals surface area contributed by atoms with Gasteiger partial charge in [0.25, 0.3) is 0 Å². The van der Waals surface area contributed by atoms with Crippen LogP contribution in [0, 0.1) is 10.1 Å². The Kier molecular flexibility index (Phi) is 7.88. The van der Waals surface area contributed by atoms with Crippen LogP contribution in [0.3, 0.4) is 0 Å². The van der Waals surface area contributed by atoms with Crippen LogP contribution in [0.25, 0.3) is 0 Å². The number of carboxylic acid groups (broad SMARTS) is 1. The van der Waals surface area contributed by atoms with Crippen LogP contribution in [0.15, 0.2) is 18.2 Å². The highest BCUT2D eigenvalue weighted by Gasteiger charge is 2.20. The first kappa shape index (κ1) is 19.6. The second-order valence-electron chi connectivity index (χ2n) is 5.60. The molecular formula is C17H24N2O5. The summed E-state index contributed by atoms with van der Waals surface area (Å²) < 4.78 is 0. The maximum absolute atomic E-state index is 12.5. The Labute approximate surface area is 141 Å². The van der Waals surface area contributed by atoms with Gasteiger partial charge in [0.05, 0.1) is 5.56 Å². The normalized spacial score (nSPS) is 10.4. The fourth-order valence-electron chi connectivity index (χ4n) is 2.42. The molecule has 1 aromatic rings. The van der Waals surface area contributed by atoms with Crippen molar-refractivity contribution >= 4 is 17.6 Å². The average molecular weight is 336 g/mol. The van der Waals surface area contributed by atoms with Crippen LogP contribution in [0.5, 0.6) is 0 Å². The highest BCUT2D eigenvalue weighted by Crippen LogP contribution is 2.25. The number of aromatic carboxylic acids is 1. The second kappa shape index (κ2) is 9.64. The summed E-state index contributed by atoms with van der Waals surface area (Å²) in [7, 11) is 0. The van der Waals surface area contributed by atoms with Crippen LogP contribution in [0.2, 0.25) is 0 Å². The standard InChI is InChI=1S/C17H24N2O5/c1-3-5-10-18(16(20)6-4-2)15-12-14(17(21)22)8-7-13(15)9-11-19(23)24/h7-8,12H,3-6,9-11H2,1-2H3,(H,21,22). The van der Waals surface area contributed by atoms with Gasteiger partial charge in [-0.1, -0.05) is 26.3 Å². The minimum atomic E-state index is -1.09. The molecular weight excluding hydrogens is 312 g/mol. The van der Waals surface area contributed by atoms with Gasteiger partial charge in [0.15, 0.2) is 0 Å². The fraction of sp³-hybridized carbons (Fsp3) is 0.529. The summed E-state index contributed by atoms with van der Waals surface area (Å²) in [6.45, 7) is 4.12. The molecule has 0 saturated carbocycles. The zero-order valence-electron chi connectivity index (χ0n) is 14.2. The van der Waals surface area contributed by atoms with E-state index in [-0.39, 0.29) is 24.4 Å². The van der Waals surface area contributed by atoms with Crippen molar-refractivity contribution < 1.29 is 19.6 Å². The number of carbonyl (C=O) groups is 2. The van der Waals surface area contributed by atoms with E-state index in [0.29, 0.717) is 30.6 Å².